The summed E-state index contributed by atoms with van der Waals surface area (Å²) in [5.74, 6) is 7.58. The zero-order valence-corrected chi connectivity index (χ0v) is 70.5. The molecule has 16 aromatic rings. The lowest BCUT2D eigenvalue weighted by Gasteiger charge is -2.17. The average Bonchev–Trinajstić information content (AvgIpc) is 1.62. The van der Waals surface area contributed by atoms with Crippen molar-refractivity contribution in [2.75, 3.05) is 95.6 Å². The molecule has 24 rings (SSSR count). The van der Waals surface area contributed by atoms with Crippen LogP contribution in [0.2, 0.25) is 0 Å². The Hall–Kier alpha value is -11.2. The molecule has 588 valence electrons. The number of hydrogen-bond acceptors (Lipinski definition) is 22. The number of fused-ring (bicyclic) bond motifs is 24. The third-order valence-corrected chi connectivity index (χ3v) is 27.3. The predicted octanol–water partition coefficient (Wildman–Crippen LogP) is 22.7. The Morgan fingerprint density at radius 1 is 0.289 bits per heavy atom. The third-order valence-electron chi connectivity index (χ3n) is 22.6. The van der Waals surface area contributed by atoms with Crippen LogP contribution in [-0.4, -0.2) is 114 Å². The Morgan fingerprint density at radius 3 is 1.43 bits per heavy atom. The van der Waals surface area contributed by atoms with Crippen molar-refractivity contribution in [2.45, 2.75) is 113 Å². The summed E-state index contributed by atoms with van der Waals surface area (Å²) in [7, 11) is 20.6. The monoisotopic (exact) mass is 1600 g/mol. The summed E-state index contributed by atoms with van der Waals surface area (Å²) in [5.41, 5.74) is 11.0. The van der Waals surface area contributed by atoms with Gasteiger partial charge in [-0.25, -0.2) is 0 Å². The highest BCUT2D eigenvalue weighted by Gasteiger charge is 2.37. The topological polar surface area (TPSA) is 144 Å². The molecule has 8 aliphatic heterocycles. The second-order valence-corrected chi connectivity index (χ2v) is 34.1. The van der Waals surface area contributed by atoms with Crippen LogP contribution in [-0.2, 0) is 14.1 Å². The van der Waals surface area contributed by atoms with Gasteiger partial charge in [-0.2, -0.15) is 0 Å². The molecule has 0 saturated heterocycles. The minimum absolute atomic E-state index is 0.0633. The molecule has 0 bridgehead atoms. The van der Waals surface area contributed by atoms with Gasteiger partial charge >= 0.3 is 5.95 Å². The molecule has 0 N–H and O–H groups in total. The summed E-state index contributed by atoms with van der Waals surface area (Å²) >= 11 is 7.18. The molecule has 0 amide bonds. The van der Waals surface area contributed by atoms with Crippen molar-refractivity contribution in [1.29, 1.82) is 0 Å². The number of para-hydroxylation sites is 6. The van der Waals surface area contributed by atoms with E-state index in [-0.39, 0.29) is 37.4 Å². The number of furan rings is 4. The SMILES string of the molecule is CC1Oc2c(c3ccccc3n2C)N1C.CC1Oc2c(n(C)c3ccccc23)N1C.CC1Oc2c(oc3ccccc23)N1C.CC1Oc2c(sc3ccccc23)N1C.CC1Oc2oc3ccccc3c2N1C.CC1Oc2sc3ccccc3c2N1C.CC1Sc2c(oc3ccccc23)N1C.CC1Sc2oc3ccccc3c2N1C. The van der Waals surface area contributed by atoms with E-state index in [1.807, 2.05) is 118 Å². The van der Waals surface area contributed by atoms with Gasteiger partial charge in [0.2, 0.25) is 22.7 Å². The molecule has 0 radical (unpaired) electrons. The van der Waals surface area contributed by atoms with Gasteiger partial charge in [0.25, 0.3) is 0 Å². The van der Waals surface area contributed by atoms with E-state index in [9.17, 15) is 0 Å². The molecule has 0 fully saturated rings. The van der Waals surface area contributed by atoms with Gasteiger partial charge in [-0.15, -0.1) is 11.3 Å². The first-order chi connectivity index (χ1) is 55.0. The molecule has 0 saturated carbocycles. The van der Waals surface area contributed by atoms with E-state index >= 15 is 0 Å². The highest BCUT2D eigenvalue weighted by Crippen LogP contribution is 2.54. The molecule has 8 unspecified atom stereocenters. The van der Waals surface area contributed by atoms with Crippen molar-refractivity contribution >= 4 is 177 Å². The molecule has 8 aliphatic rings. The van der Waals surface area contributed by atoms with Gasteiger partial charge in [0, 0.05) is 118 Å². The molecule has 8 aromatic carbocycles. The Balaban J connectivity index is 0.0000000941. The fourth-order valence-corrected chi connectivity index (χ4v) is 19.9. The number of hydrogen-bond donors (Lipinski definition) is 0. The number of benzene rings is 8. The highest BCUT2D eigenvalue weighted by atomic mass is 32.2. The van der Waals surface area contributed by atoms with Crippen LogP contribution in [0.4, 0.5) is 45.3 Å². The lowest BCUT2D eigenvalue weighted by atomic mass is 10.2. The fraction of sp³-hybridized carbons (Fsp3) is 0.289. The van der Waals surface area contributed by atoms with Gasteiger partial charge in [-0.1, -0.05) is 144 Å². The van der Waals surface area contributed by atoms with Crippen LogP contribution in [0.15, 0.2) is 222 Å². The molecule has 0 spiro atoms. The molecule has 114 heavy (non-hydrogen) atoms. The van der Waals surface area contributed by atoms with Crippen molar-refractivity contribution in [2.24, 2.45) is 14.1 Å². The normalized spacial score (nSPS) is 19.9. The largest absolute Gasteiger partial charge is 0.467 e. The number of rotatable bonds is 0. The van der Waals surface area contributed by atoms with Crippen molar-refractivity contribution in [1.82, 2.24) is 9.13 Å². The first-order valence-electron chi connectivity index (χ1n) is 38.4. The summed E-state index contributed by atoms with van der Waals surface area (Å²) in [4.78, 5) is 18.5. The summed E-state index contributed by atoms with van der Waals surface area (Å²) in [6, 6.07) is 65.9. The Bertz CT molecular complexity index is 5790. The van der Waals surface area contributed by atoms with E-state index in [1.54, 1.807) is 34.4 Å². The maximum Gasteiger partial charge on any atom is 0.312 e. The van der Waals surface area contributed by atoms with Crippen molar-refractivity contribution in [3.8, 4) is 34.1 Å². The van der Waals surface area contributed by atoms with Gasteiger partial charge in [-0.3, -0.25) is 0 Å². The van der Waals surface area contributed by atoms with E-state index < -0.39 is 0 Å². The second kappa shape index (κ2) is 30.3. The van der Waals surface area contributed by atoms with Crippen molar-refractivity contribution < 1.29 is 46.1 Å². The van der Waals surface area contributed by atoms with Crippen LogP contribution in [0, 0.1) is 0 Å². The Morgan fingerprint density at radius 2 is 0.746 bits per heavy atom. The van der Waals surface area contributed by atoms with E-state index in [0.29, 0.717) is 16.7 Å². The lowest BCUT2D eigenvalue weighted by Crippen LogP contribution is -2.28. The zero-order valence-electron chi connectivity index (χ0n) is 67.3. The van der Waals surface area contributed by atoms with E-state index in [4.69, 9.17) is 46.1 Å². The highest BCUT2D eigenvalue weighted by molar-refractivity contribution is 8.00. The summed E-state index contributed by atoms with van der Waals surface area (Å²) < 4.78 is 64.3. The second-order valence-electron chi connectivity index (χ2n) is 29.5. The first-order valence-corrected chi connectivity index (χ1v) is 41.8. The summed E-state index contributed by atoms with van der Waals surface area (Å²) in [5, 5.41) is 14.0. The average molecular weight is 1600 g/mol. The van der Waals surface area contributed by atoms with E-state index in [2.05, 4.69) is 262 Å². The Kier molecular flexibility index (Phi) is 20.1. The third kappa shape index (κ3) is 13.1. The van der Waals surface area contributed by atoms with Crippen LogP contribution in [0.25, 0.3) is 85.9 Å². The van der Waals surface area contributed by atoms with Crippen molar-refractivity contribution in [3.63, 3.8) is 0 Å². The molecule has 0 aliphatic carbocycles. The fourth-order valence-electron chi connectivity index (χ4n) is 15.4. The van der Waals surface area contributed by atoms with Crippen LogP contribution in [0.3, 0.4) is 0 Å². The molecule has 24 heteroatoms. The standard InChI is InChI=1S/2C12H14N2O.2C11H11NO2.4C11H11NOS/c1-8-13(2)12-11(15-8)9-6-4-5-7-10(9)14(12)3;1-8-13(2)11-9-6-4-5-7-10(9)14(3)12(11)15-8;1-7-12(2)11-10(13-7)8-5-3-4-6-9(8)14-11;1-7-12(2)10-8-5-3-4-6-9(8)14-11(10)13-7;1-7-12(2)11-10(14-7)8-5-3-4-6-9(8)13-11;1-7-12(2)11-10(13-7)8-5-3-4-6-9(8)14-11;1-7-12(2)10-8-5-3-4-6-9(8)13-11(10)14-7;1-7-12(2)10-8-5-3-4-6-9(8)14-11(10)13-7/h2*4-8H,1-3H3;6*3-7H,1-2H3. The van der Waals surface area contributed by atoms with Gasteiger partial charge in [-0.05, 0) is 140 Å². The van der Waals surface area contributed by atoms with Crippen LogP contribution in [0.5, 0.6) is 34.1 Å². The summed E-state index contributed by atoms with van der Waals surface area (Å²) in [6.45, 7) is 16.7. The molecular weight excluding hydrogens is 1510 g/mol. The molecular formula is C90H94N10O10S4. The maximum atomic E-state index is 5.86. The van der Waals surface area contributed by atoms with Crippen molar-refractivity contribution in [3.05, 3.63) is 194 Å². The summed E-state index contributed by atoms with van der Waals surface area (Å²) in [6.07, 6.45) is 0.722. The lowest BCUT2D eigenvalue weighted by molar-refractivity contribution is 0.204. The number of nitrogens with zero attached hydrogens (tertiary/aromatic N) is 10. The maximum absolute atomic E-state index is 5.86. The Labute approximate surface area is 679 Å². The predicted molar refractivity (Wildman–Crippen MR) is 473 cm³/mol. The van der Waals surface area contributed by atoms with E-state index in [0.717, 1.165) is 83.8 Å². The zero-order chi connectivity index (χ0) is 79.4. The number of ether oxygens (including phenoxy) is 6. The quantitative estimate of drug-likeness (QED) is 0.142. The number of anilines is 8. The molecule has 20 nitrogen and oxygen atoms in total. The minimum atomic E-state index is 0.0633. The number of thioether (sulfide) groups is 2. The number of aryl methyl sites for hydroxylation is 2. The molecule has 8 atom stereocenters. The van der Waals surface area contributed by atoms with Gasteiger partial charge in [0.15, 0.2) is 65.5 Å². The van der Waals surface area contributed by atoms with Crippen LogP contribution in [0.1, 0.15) is 55.4 Å². The van der Waals surface area contributed by atoms with Crippen LogP contribution >= 0.6 is 46.2 Å². The van der Waals surface area contributed by atoms with Crippen LogP contribution < -0.4 is 67.6 Å². The number of aromatic nitrogens is 2. The first kappa shape index (κ1) is 75.5. The van der Waals surface area contributed by atoms with Gasteiger partial charge in [0.05, 0.1) is 37.8 Å². The van der Waals surface area contributed by atoms with Gasteiger partial charge in [0.1, 0.15) is 44.4 Å². The smallest absolute Gasteiger partial charge is 0.312 e. The van der Waals surface area contributed by atoms with E-state index in [1.165, 1.54) is 85.5 Å². The number of thiophene rings is 2. The molecule has 8 aromatic heterocycles. The minimum Gasteiger partial charge on any atom is -0.467 e. The molecule has 16 heterocycles. The van der Waals surface area contributed by atoms with Gasteiger partial charge < -0.3 is 94.4 Å².